The number of carbonyl (C=O) groups excluding carboxylic acids is 3. The lowest BCUT2D eigenvalue weighted by molar-refractivity contribution is -0.144. The number of β-amino-alcohol motifs (C(OH)–C–C–N with tert-alkyl or cyclic N) is 1. The van der Waals surface area contributed by atoms with E-state index < -0.39 is 40.8 Å². The molecule has 0 radical (unpaired) electrons. The Morgan fingerprint density at radius 2 is 1.87 bits per heavy atom. The summed E-state index contributed by atoms with van der Waals surface area (Å²) in [5.41, 5.74) is 5.24. The second-order valence-electron chi connectivity index (χ2n) is 11.9. The molecule has 2 fully saturated rings. The van der Waals surface area contributed by atoms with Crippen molar-refractivity contribution in [3.05, 3.63) is 40.0 Å². The van der Waals surface area contributed by atoms with E-state index >= 15 is 0 Å². The van der Waals surface area contributed by atoms with Gasteiger partial charge >= 0.3 is 0 Å². The number of nitriles is 1. The predicted octanol–water partition coefficient (Wildman–Crippen LogP) is 3.15. The topological polar surface area (TPSA) is 135 Å². The Morgan fingerprint density at radius 1 is 1.23 bits per heavy atom. The zero-order chi connectivity index (χ0) is 28.7. The number of nitrogens with one attached hydrogen (secondary N) is 2. The lowest BCUT2D eigenvalue weighted by Crippen LogP contribution is -2.58. The van der Waals surface area contributed by atoms with Gasteiger partial charge in [0.25, 0.3) is 0 Å². The van der Waals surface area contributed by atoms with E-state index in [1.165, 1.54) is 4.90 Å². The summed E-state index contributed by atoms with van der Waals surface area (Å²) in [5.74, 6) is -1.24. The number of likely N-dealkylation sites (tertiary alicyclic amines) is 1. The van der Waals surface area contributed by atoms with Crippen molar-refractivity contribution in [1.29, 1.82) is 5.26 Å². The third-order valence-electron chi connectivity index (χ3n) is 7.79. The van der Waals surface area contributed by atoms with Crippen LogP contribution in [-0.4, -0.2) is 57.4 Å². The number of thiazole rings is 1. The fourth-order valence-electron chi connectivity index (χ4n) is 5.18. The highest BCUT2D eigenvalue weighted by Gasteiger charge is 2.53. The van der Waals surface area contributed by atoms with E-state index in [0.717, 1.165) is 32.8 Å². The van der Waals surface area contributed by atoms with Gasteiger partial charge in [-0.3, -0.25) is 14.4 Å². The van der Waals surface area contributed by atoms with E-state index in [4.69, 9.17) is 0 Å². The van der Waals surface area contributed by atoms with Crippen LogP contribution in [0, 0.1) is 42.9 Å². The minimum absolute atomic E-state index is 0.00369. The van der Waals surface area contributed by atoms with Gasteiger partial charge in [0.15, 0.2) is 0 Å². The first-order valence-electron chi connectivity index (χ1n) is 13.3. The lowest BCUT2D eigenvalue weighted by atomic mass is 9.85. The highest BCUT2D eigenvalue weighted by atomic mass is 32.1. The smallest absolute Gasteiger partial charge is 0.246 e. The fourth-order valence-corrected chi connectivity index (χ4v) is 5.97. The maximum atomic E-state index is 13.7. The first-order valence-corrected chi connectivity index (χ1v) is 14.1. The second-order valence-corrected chi connectivity index (χ2v) is 12.8. The van der Waals surface area contributed by atoms with Crippen LogP contribution in [0.4, 0.5) is 0 Å². The fraction of sp³-hybridized carbons (Fsp3) is 0.552. The third-order valence-corrected chi connectivity index (χ3v) is 8.77. The number of hydrogen-bond acceptors (Lipinski definition) is 7. The minimum Gasteiger partial charge on any atom is -0.391 e. The lowest BCUT2D eigenvalue weighted by Gasteiger charge is -2.35. The highest BCUT2D eigenvalue weighted by Crippen LogP contribution is 2.45. The Bertz CT molecular complexity index is 1310. The zero-order valence-corrected chi connectivity index (χ0v) is 24.2. The minimum atomic E-state index is -1.07. The van der Waals surface area contributed by atoms with Crippen molar-refractivity contribution in [3.8, 4) is 16.5 Å². The number of aliphatic hydroxyl groups is 1. The van der Waals surface area contributed by atoms with Crippen molar-refractivity contribution in [2.75, 3.05) is 6.54 Å². The molecule has 9 nitrogen and oxygen atoms in total. The van der Waals surface area contributed by atoms with Crippen molar-refractivity contribution in [2.24, 2.45) is 10.8 Å². The number of aryl methyl sites for hydroxylation is 3. The average molecular weight is 552 g/mol. The molecule has 1 aliphatic carbocycles. The Balaban J connectivity index is 1.48. The molecule has 3 atom stereocenters. The summed E-state index contributed by atoms with van der Waals surface area (Å²) >= 11 is 1.59. The third kappa shape index (κ3) is 5.85. The van der Waals surface area contributed by atoms with Gasteiger partial charge in [-0.05, 0) is 61.3 Å². The number of amides is 3. The molecule has 0 spiro atoms. The van der Waals surface area contributed by atoms with Crippen molar-refractivity contribution in [3.63, 3.8) is 0 Å². The Labute approximate surface area is 233 Å². The number of nitrogens with zero attached hydrogens (tertiary/aromatic N) is 3. The molecular formula is C29H37N5O4S. The molecule has 1 saturated heterocycles. The van der Waals surface area contributed by atoms with Gasteiger partial charge in [-0.1, -0.05) is 32.9 Å². The molecule has 2 aromatic rings. The van der Waals surface area contributed by atoms with E-state index in [2.05, 4.69) is 33.8 Å². The number of hydrogen-bond donors (Lipinski definition) is 3. The maximum absolute atomic E-state index is 13.7. The summed E-state index contributed by atoms with van der Waals surface area (Å²) in [5, 5.41) is 25.6. The van der Waals surface area contributed by atoms with Crippen molar-refractivity contribution in [1.82, 2.24) is 20.5 Å². The van der Waals surface area contributed by atoms with Gasteiger partial charge in [0.05, 0.1) is 28.3 Å². The molecule has 3 N–H and O–H groups in total. The molecule has 0 unspecified atom stereocenters. The quantitative estimate of drug-likeness (QED) is 0.484. The largest absolute Gasteiger partial charge is 0.391 e. The molecule has 1 aromatic heterocycles. The standard InChI is InChI=1S/C29H37N5O4S/c1-16-9-19(23-18(3)32-15-39-23)10-17(2)21(16)12-31-25(36)22-11-20(35)13-34(22)26(37)24(28(4,5)6)33-27(38)29(14-30)7-8-29/h9-10,15,20,22,24,35H,7-8,11-13H2,1-6H3,(H,31,36)(H,33,38)/t20-,22+,24-/m1/s1. The van der Waals surface area contributed by atoms with E-state index in [9.17, 15) is 24.8 Å². The number of rotatable bonds is 7. The summed E-state index contributed by atoms with van der Waals surface area (Å²) in [6, 6.07) is 4.44. The summed E-state index contributed by atoms with van der Waals surface area (Å²) in [6.45, 7) is 11.8. The molecule has 1 aliphatic heterocycles. The molecule has 2 aliphatic rings. The predicted molar refractivity (Wildman–Crippen MR) is 148 cm³/mol. The molecule has 4 rings (SSSR count). The van der Waals surface area contributed by atoms with Crippen molar-refractivity contribution >= 4 is 29.1 Å². The zero-order valence-electron chi connectivity index (χ0n) is 23.4. The van der Waals surface area contributed by atoms with E-state index in [0.29, 0.717) is 12.8 Å². The van der Waals surface area contributed by atoms with Gasteiger partial charge in [-0.15, -0.1) is 11.3 Å². The van der Waals surface area contributed by atoms with Gasteiger partial charge in [0.2, 0.25) is 17.7 Å². The molecule has 208 valence electrons. The van der Waals surface area contributed by atoms with Crippen LogP contribution >= 0.6 is 11.3 Å². The molecule has 39 heavy (non-hydrogen) atoms. The first kappa shape index (κ1) is 28.7. The van der Waals surface area contributed by atoms with Gasteiger partial charge in [-0.2, -0.15) is 5.26 Å². The van der Waals surface area contributed by atoms with Crippen molar-refractivity contribution < 1.29 is 19.5 Å². The molecule has 1 saturated carbocycles. The van der Waals surface area contributed by atoms with Crippen LogP contribution in [0.1, 0.15) is 62.4 Å². The van der Waals surface area contributed by atoms with E-state index in [-0.39, 0.29) is 25.4 Å². The second kappa shape index (κ2) is 10.7. The van der Waals surface area contributed by atoms with Gasteiger partial charge in [0.1, 0.15) is 17.5 Å². The summed E-state index contributed by atoms with van der Waals surface area (Å²) in [4.78, 5) is 46.7. The van der Waals surface area contributed by atoms with Crippen LogP contribution in [0.3, 0.4) is 0 Å². The summed E-state index contributed by atoms with van der Waals surface area (Å²) in [7, 11) is 0. The Hall–Kier alpha value is -3.29. The monoisotopic (exact) mass is 551 g/mol. The van der Waals surface area contributed by atoms with Crippen LogP contribution in [0.2, 0.25) is 0 Å². The summed E-state index contributed by atoms with van der Waals surface area (Å²) < 4.78 is 0. The van der Waals surface area contributed by atoms with Crippen LogP contribution in [-0.2, 0) is 20.9 Å². The highest BCUT2D eigenvalue weighted by molar-refractivity contribution is 7.13. The van der Waals surface area contributed by atoms with E-state index in [1.54, 1.807) is 11.3 Å². The first-order chi connectivity index (χ1) is 18.3. The van der Waals surface area contributed by atoms with Crippen LogP contribution in [0.15, 0.2) is 17.6 Å². The van der Waals surface area contributed by atoms with Gasteiger partial charge in [-0.25, -0.2) is 4.98 Å². The Morgan fingerprint density at radius 3 is 2.38 bits per heavy atom. The molecular weight excluding hydrogens is 514 g/mol. The molecule has 10 heteroatoms. The normalized spacial score (nSPS) is 20.7. The van der Waals surface area contributed by atoms with Crippen molar-refractivity contribution in [2.45, 2.75) is 85.5 Å². The van der Waals surface area contributed by atoms with Crippen LogP contribution in [0.5, 0.6) is 0 Å². The SMILES string of the molecule is Cc1cc(-c2scnc2C)cc(C)c1CNC(=O)[C@@H]1C[C@@H](O)CN1C(=O)[C@@H](NC(=O)C1(C#N)CC1)C(C)(C)C. The van der Waals surface area contributed by atoms with Crippen LogP contribution in [0.25, 0.3) is 10.4 Å². The average Bonchev–Trinajstić information content (AvgIpc) is 3.39. The van der Waals surface area contributed by atoms with Gasteiger partial charge in [0, 0.05) is 19.5 Å². The summed E-state index contributed by atoms with van der Waals surface area (Å²) in [6.07, 6.45) is 0.210. The maximum Gasteiger partial charge on any atom is 0.246 e. The Kier molecular flexibility index (Phi) is 7.88. The van der Waals surface area contributed by atoms with E-state index in [1.807, 2.05) is 47.1 Å². The number of aromatic nitrogens is 1. The molecule has 2 heterocycles. The number of carbonyl (C=O) groups is 3. The van der Waals surface area contributed by atoms with Crippen LogP contribution < -0.4 is 10.6 Å². The molecule has 3 amide bonds. The number of aliphatic hydroxyl groups excluding tert-OH is 1. The molecule has 0 bridgehead atoms. The van der Waals surface area contributed by atoms with Gasteiger partial charge < -0.3 is 20.6 Å². The molecule has 1 aromatic carbocycles. The number of benzene rings is 1.